The number of aromatic nitrogens is 6. The first kappa shape index (κ1) is 9.02. The maximum atomic E-state index is 4.39. The second-order valence-electron chi connectivity index (χ2n) is 3.45. The van der Waals surface area contributed by atoms with E-state index in [-0.39, 0.29) is 0 Å². The monoisotopic (exact) mass is 214 g/mol. The molecule has 0 aromatic carbocycles. The molecule has 0 saturated heterocycles. The highest BCUT2D eigenvalue weighted by atomic mass is 15.3. The van der Waals surface area contributed by atoms with Crippen LogP contribution >= 0.6 is 0 Å². The Morgan fingerprint density at radius 3 is 3.06 bits per heavy atom. The first-order chi connectivity index (χ1) is 7.86. The van der Waals surface area contributed by atoms with E-state index >= 15 is 0 Å². The van der Waals surface area contributed by atoms with Gasteiger partial charge in [-0.3, -0.25) is 4.68 Å². The summed E-state index contributed by atoms with van der Waals surface area (Å²) in [6.45, 7) is 2.90. The predicted molar refractivity (Wildman–Crippen MR) is 58.6 cm³/mol. The van der Waals surface area contributed by atoms with Crippen LogP contribution in [0.5, 0.6) is 0 Å². The molecule has 0 unspecified atom stereocenters. The van der Waals surface area contributed by atoms with Crippen molar-refractivity contribution in [2.45, 2.75) is 13.5 Å². The predicted octanol–water partition coefficient (Wildman–Crippen LogP) is 1.24. The molecule has 3 rings (SSSR count). The Labute approximate surface area is 91.3 Å². The van der Waals surface area contributed by atoms with Crippen LogP contribution in [0, 0.1) is 0 Å². The number of aryl methyl sites for hydroxylation is 1. The Morgan fingerprint density at radius 1 is 1.31 bits per heavy atom. The van der Waals surface area contributed by atoms with Crippen LogP contribution in [0.25, 0.3) is 22.4 Å². The van der Waals surface area contributed by atoms with E-state index in [0.717, 1.165) is 23.3 Å². The van der Waals surface area contributed by atoms with E-state index in [9.17, 15) is 0 Å². The van der Waals surface area contributed by atoms with E-state index in [0.29, 0.717) is 5.65 Å². The lowest BCUT2D eigenvalue weighted by Gasteiger charge is -1.94. The van der Waals surface area contributed by atoms with Gasteiger partial charge >= 0.3 is 0 Å². The minimum absolute atomic E-state index is 0.627. The van der Waals surface area contributed by atoms with E-state index < -0.39 is 0 Å². The Hall–Kier alpha value is -2.24. The van der Waals surface area contributed by atoms with Crippen molar-refractivity contribution >= 4 is 11.2 Å². The van der Waals surface area contributed by atoms with Crippen molar-refractivity contribution in [3.63, 3.8) is 0 Å². The molecule has 0 spiro atoms. The summed E-state index contributed by atoms with van der Waals surface area (Å²) in [7, 11) is 0. The number of hydrogen-bond donors (Lipinski definition) is 1. The maximum Gasteiger partial charge on any atom is 0.202 e. The Morgan fingerprint density at radius 2 is 2.25 bits per heavy atom. The van der Waals surface area contributed by atoms with E-state index in [1.807, 2.05) is 29.9 Å². The number of hydrogen-bond acceptors (Lipinski definition) is 4. The van der Waals surface area contributed by atoms with Gasteiger partial charge in [0.25, 0.3) is 0 Å². The second-order valence-corrected chi connectivity index (χ2v) is 3.45. The summed E-state index contributed by atoms with van der Waals surface area (Å²) in [5.41, 5.74) is 3.25. The smallest absolute Gasteiger partial charge is 0.202 e. The number of rotatable bonds is 2. The van der Waals surface area contributed by atoms with Gasteiger partial charge in [-0.05, 0) is 19.1 Å². The molecule has 0 amide bonds. The van der Waals surface area contributed by atoms with Crippen LogP contribution in [0.1, 0.15) is 6.92 Å². The summed E-state index contributed by atoms with van der Waals surface area (Å²) < 4.78 is 1.87. The normalized spacial score (nSPS) is 11.1. The molecule has 0 aliphatic heterocycles. The van der Waals surface area contributed by atoms with Gasteiger partial charge in [0.2, 0.25) is 5.65 Å². The third-order valence-electron chi connectivity index (χ3n) is 2.43. The summed E-state index contributed by atoms with van der Waals surface area (Å²) in [4.78, 5) is 4.39. The largest absolute Gasteiger partial charge is 0.272 e. The van der Waals surface area contributed by atoms with Gasteiger partial charge < -0.3 is 0 Å². The molecule has 0 radical (unpaired) electrons. The van der Waals surface area contributed by atoms with Crippen LogP contribution < -0.4 is 0 Å². The molecule has 3 heterocycles. The number of nitrogens with one attached hydrogen (secondary N) is 1. The van der Waals surface area contributed by atoms with Crippen LogP contribution in [-0.4, -0.2) is 30.2 Å². The molecule has 3 aromatic rings. The van der Waals surface area contributed by atoms with Crippen molar-refractivity contribution in [3.05, 3.63) is 24.5 Å². The minimum atomic E-state index is 0.627. The summed E-state index contributed by atoms with van der Waals surface area (Å²) in [5.74, 6) is 0. The molecule has 0 bridgehead atoms. The van der Waals surface area contributed by atoms with Crippen molar-refractivity contribution in [3.8, 4) is 11.3 Å². The number of aromatic amines is 1. The lowest BCUT2D eigenvalue weighted by molar-refractivity contribution is 0.660. The average molecular weight is 214 g/mol. The van der Waals surface area contributed by atoms with Gasteiger partial charge in [-0.25, -0.2) is 4.98 Å². The second kappa shape index (κ2) is 3.41. The number of H-pyrrole nitrogens is 1. The molecule has 0 aliphatic rings. The van der Waals surface area contributed by atoms with E-state index in [1.54, 1.807) is 6.20 Å². The van der Waals surface area contributed by atoms with Crippen LogP contribution in [0.3, 0.4) is 0 Å². The van der Waals surface area contributed by atoms with E-state index in [1.165, 1.54) is 0 Å². The van der Waals surface area contributed by atoms with Gasteiger partial charge in [0.15, 0.2) is 0 Å². The fourth-order valence-corrected chi connectivity index (χ4v) is 1.57. The van der Waals surface area contributed by atoms with Gasteiger partial charge in [-0.2, -0.15) is 15.4 Å². The van der Waals surface area contributed by atoms with Crippen molar-refractivity contribution in [2.24, 2.45) is 0 Å². The molecular formula is C10H10N6. The fraction of sp³-hybridized carbons (Fsp3) is 0.200. The zero-order chi connectivity index (χ0) is 11.0. The highest BCUT2D eigenvalue weighted by Crippen LogP contribution is 2.17. The molecule has 1 N–H and O–H groups in total. The van der Waals surface area contributed by atoms with E-state index in [2.05, 4.69) is 25.5 Å². The molecule has 0 aliphatic carbocycles. The Kier molecular flexibility index (Phi) is 1.92. The molecule has 0 atom stereocenters. The molecule has 6 heteroatoms. The third kappa shape index (κ3) is 1.35. The molecule has 0 saturated carbocycles. The highest BCUT2D eigenvalue weighted by Gasteiger charge is 2.05. The first-order valence-electron chi connectivity index (χ1n) is 5.07. The Balaban J connectivity index is 2.10. The van der Waals surface area contributed by atoms with Gasteiger partial charge in [0.1, 0.15) is 5.52 Å². The number of pyridine rings is 1. The molecular weight excluding hydrogens is 204 g/mol. The van der Waals surface area contributed by atoms with Crippen LogP contribution in [0.2, 0.25) is 0 Å². The summed E-state index contributed by atoms with van der Waals surface area (Å²) in [5, 5.41) is 14.7. The zero-order valence-corrected chi connectivity index (χ0v) is 8.75. The van der Waals surface area contributed by atoms with Gasteiger partial charge in [-0.1, -0.05) is 0 Å². The zero-order valence-electron chi connectivity index (χ0n) is 8.75. The van der Waals surface area contributed by atoms with Gasteiger partial charge in [-0.15, -0.1) is 5.10 Å². The van der Waals surface area contributed by atoms with Crippen molar-refractivity contribution < 1.29 is 0 Å². The SMILES string of the molecule is CCn1cc(-c2ccc3n[nH]nc3n2)cn1. The van der Waals surface area contributed by atoms with Gasteiger partial charge in [0.05, 0.1) is 11.9 Å². The van der Waals surface area contributed by atoms with Crippen molar-refractivity contribution in [2.75, 3.05) is 0 Å². The van der Waals surface area contributed by atoms with Crippen molar-refractivity contribution in [1.82, 2.24) is 30.2 Å². The van der Waals surface area contributed by atoms with Crippen LogP contribution in [0.4, 0.5) is 0 Å². The molecule has 16 heavy (non-hydrogen) atoms. The molecule has 0 fully saturated rings. The lowest BCUT2D eigenvalue weighted by atomic mass is 10.2. The first-order valence-corrected chi connectivity index (χ1v) is 5.07. The summed E-state index contributed by atoms with van der Waals surface area (Å²) >= 11 is 0. The van der Waals surface area contributed by atoms with Crippen LogP contribution in [-0.2, 0) is 6.54 Å². The van der Waals surface area contributed by atoms with Crippen LogP contribution in [0.15, 0.2) is 24.5 Å². The molecule has 6 nitrogen and oxygen atoms in total. The Bertz CT molecular complexity index is 623. The van der Waals surface area contributed by atoms with E-state index in [4.69, 9.17) is 0 Å². The van der Waals surface area contributed by atoms with Crippen molar-refractivity contribution in [1.29, 1.82) is 0 Å². The third-order valence-corrected chi connectivity index (χ3v) is 2.43. The average Bonchev–Trinajstić information content (AvgIpc) is 2.96. The quantitative estimate of drug-likeness (QED) is 0.696. The number of nitrogens with zero attached hydrogens (tertiary/aromatic N) is 5. The lowest BCUT2D eigenvalue weighted by Crippen LogP contribution is -1.92. The standard InChI is InChI=1S/C10H10N6/c1-2-16-6-7(5-11-16)8-3-4-9-10(12-8)14-15-13-9/h3-6H,2H2,1H3,(H,12,13,14,15). The van der Waals surface area contributed by atoms with Gasteiger partial charge in [0, 0.05) is 18.3 Å². The summed E-state index contributed by atoms with van der Waals surface area (Å²) in [6.07, 6.45) is 3.77. The maximum absolute atomic E-state index is 4.39. The topological polar surface area (TPSA) is 72.3 Å². The summed E-state index contributed by atoms with van der Waals surface area (Å²) in [6, 6.07) is 3.81. The fourth-order valence-electron chi connectivity index (χ4n) is 1.57. The minimum Gasteiger partial charge on any atom is -0.272 e. The number of fused-ring (bicyclic) bond motifs is 1. The molecule has 80 valence electrons. The highest BCUT2D eigenvalue weighted by molar-refractivity contribution is 5.73. The molecule has 3 aromatic heterocycles.